The SMILES string of the molecule is O=C(O)c1cncc(Sc2ccccc2Br)n1. The summed E-state index contributed by atoms with van der Waals surface area (Å²) in [6.07, 6.45) is 2.77. The molecule has 4 nitrogen and oxygen atoms in total. The molecule has 2 aromatic rings. The normalized spacial score (nSPS) is 10.2. The quantitative estimate of drug-likeness (QED) is 0.944. The summed E-state index contributed by atoms with van der Waals surface area (Å²) >= 11 is 4.78. The molecule has 17 heavy (non-hydrogen) atoms. The Balaban J connectivity index is 2.28. The Kier molecular flexibility index (Phi) is 3.75. The molecule has 86 valence electrons. The summed E-state index contributed by atoms with van der Waals surface area (Å²) in [7, 11) is 0. The zero-order valence-electron chi connectivity index (χ0n) is 8.50. The highest BCUT2D eigenvalue weighted by molar-refractivity contribution is 9.10. The smallest absolute Gasteiger partial charge is 0.356 e. The van der Waals surface area contributed by atoms with Gasteiger partial charge in [0.2, 0.25) is 0 Å². The number of carbonyl (C=O) groups is 1. The lowest BCUT2D eigenvalue weighted by molar-refractivity contribution is 0.0689. The van der Waals surface area contributed by atoms with Crippen LogP contribution in [0.15, 0.2) is 51.1 Å². The molecule has 0 fully saturated rings. The topological polar surface area (TPSA) is 63.1 Å². The lowest BCUT2D eigenvalue weighted by Gasteiger charge is -2.03. The minimum Gasteiger partial charge on any atom is -0.476 e. The van der Waals surface area contributed by atoms with Crippen LogP contribution in [-0.4, -0.2) is 21.0 Å². The van der Waals surface area contributed by atoms with Gasteiger partial charge in [-0.05, 0) is 28.1 Å². The number of aromatic carboxylic acids is 1. The van der Waals surface area contributed by atoms with E-state index in [0.29, 0.717) is 5.03 Å². The van der Waals surface area contributed by atoms with E-state index in [1.165, 1.54) is 24.2 Å². The first-order chi connectivity index (χ1) is 8.16. The molecule has 6 heteroatoms. The number of hydrogen-bond acceptors (Lipinski definition) is 4. The van der Waals surface area contributed by atoms with E-state index in [4.69, 9.17) is 5.11 Å². The van der Waals surface area contributed by atoms with Crippen molar-refractivity contribution in [2.45, 2.75) is 9.92 Å². The van der Waals surface area contributed by atoms with Gasteiger partial charge in [-0.1, -0.05) is 23.9 Å². The summed E-state index contributed by atoms with van der Waals surface area (Å²) in [5, 5.41) is 9.36. The van der Waals surface area contributed by atoms with Gasteiger partial charge in [0.25, 0.3) is 0 Å². The third-order valence-corrected chi connectivity index (χ3v) is 3.82. The van der Waals surface area contributed by atoms with Gasteiger partial charge in [0, 0.05) is 9.37 Å². The van der Waals surface area contributed by atoms with Crippen LogP contribution in [0.3, 0.4) is 0 Å². The summed E-state index contributed by atoms with van der Waals surface area (Å²) in [5.74, 6) is -1.08. The Morgan fingerprint density at radius 2 is 2.06 bits per heavy atom. The number of carboxylic acid groups (broad SMARTS) is 1. The first kappa shape index (κ1) is 12.1. The Morgan fingerprint density at radius 1 is 1.29 bits per heavy atom. The van der Waals surface area contributed by atoms with E-state index in [1.807, 2.05) is 24.3 Å². The molecule has 0 saturated heterocycles. The minimum atomic E-state index is -1.08. The van der Waals surface area contributed by atoms with Crippen molar-refractivity contribution in [3.8, 4) is 0 Å². The van der Waals surface area contributed by atoms with E-state index < -0.39 is 5.97 Å². The zero-order chi connectivity index (χ0) is 12.3. The monoisotopic (exact) mass is 310 g/mol. The van der Waals surface area contributed by atoms with Crippen molar-refractivity contribution in [3.63, 3.8) is 0 Å². The standard InChI is InChI=1S/C11H7BrN2O2S/c12-7-3-1-2-4-9(7)17-10-6-13-5-8(14-10)11(15)16/h1-6H,(H,15,16). The molecule has 0 bridgehead atoms. The summed E-state index contributed by atoms with van der Waals surface area (Å²) in [4.78, 5) is 19.6. The number of aromatic nitrogens is 2. The fourth-order valence-corrected chi connectivity index (χ4v) is 2.46. The van der Waals surface area contributed by atoms with Gasteiger partial charge in [0.15, 0.2) is 5.69 Å². The van der Waals surface area contributed by atoms with Crippen molar-refractivity contribution >= 4 is 33.7 Å². The van der Waals surface area contributed by atoms with Crippen molar-refractivity contribution in [2.75, 3.05) is 0 Å². The molecule has 0 unspecified atom stereocenters. The average molecular weight is 311 g/mol. The molecule has 0 saturated carbocycles. The van der Waals surface area contributed by atoms with E-state index in [0.717, 1.165) is 9.37 Å². The Morgan fingerprint density at radius 3 is 2.76 bits per heavy atom. The van der Waals surface area contributed by atoms with E-state index in [1.54, 1.807) is 0 Å². The molecule has 0 spiro atoms. The summed E-state index contributed by atoms with van der Waals surface area (Å²) in [5.41, 5.74) is -0.0537. The number of carboxylic acids is 1. The van der Waals surface area contributed by atoms with Crippen LogP contribution in [-0.2, 0) is 0 Å². The van der Waals surface area contributed by atoms with Gasteiger partial charge < -0.3 is 5.11 Å². The van der Waals surface area contributed by atoms with Gasteiger partial charge >= 0.3 is 5.97 Å². The molecule has 1 N–H and O–H groups in total. The van der Waals surface area contributed by atoms with Crippen LogP contribution in [0, 0.1) is 0 Å². The number of rotatable bonds is 3. The van der Waals surface area contributed by atoms with Crippen LogP contribution >= 0.6 is 27.7 Å². The minimum absolute atomic E-state index is 0.0537. The maximum absolute atomic E-state index is 10.8. The van der Waals surface area contributed by atoms with Crippen LogP contribution < -0.4 is 0 Å². The first-order valence-corrected chi connectivity index (χ1v) is 6.25. The van der Waals surface area contributed by atoms with E-state index in [9.17, 15) is 4.79 Å². The van der Waals surface area contributed by atoms with Crippen LogP contribution in [0.2, 0.25) is 0 Å². The highest BCUT2D eigenvalue weighted by Crippen LogP contribution is 2.31. The molecule has 0 amide bonds. The molecule has 1 aromatic heterocycles. The third-order valence-electron chi connectivity index (χ3n) is 1.88. The molecule has 0 radical (unpaired) electrons. The van der Waals surface area contributed by atoms with Gasteiger partial charge in [-0.15, -0.1) is 0 Å². The van der Waals surface area contributed by atoms with Crippen LogP contribution in [0.4, 0.5) is 0 Å². The van der Waals surface area contributed by atoms with Crippen molar-refractivity contribution in [2.24, 2.45) is 0 Å². The second-order valence-electron chi connectivity index (χ2n) is 3.08. The lowest BCUT2D eigenvalue weighted by Crippen LogP contribution is -2.01. The van der Waals surface area contributed by atoms with Crippen molar-refractivity contribution in [1.82, 2.24) is 9.97 Å². The van der Waals surface area contributed by atoms with E-state index in [2.05, 4.69) is 25.9 Å². The largest absolute Gasteiger partial charge is 0.476 e. The summed E-state index contributed by atoms with van der Waals surface area (Å²) in [6.45, 7) is 0. The van der Waals surface area contributed by atoms with Crippen molar-refractivity contribution < 1.29 is 9.90 Å². The Bertz CT molecular complexity index is 563. The second-order valence-corrected chi connectivity index (χ2v) is 5.00. The average Bonchev–Trinajstić information content (AvgIpc) is 2.32. The maximum Gasteiger partial charge on any atom is 0.356 e. The molecular formula is C11H7BrN2O2S. The highest BCUT2D eigenvalue weighted by Gasteiger charge is 2.08. The predicted octanol–water partition coefficient (Wildman–Crippen LogP) is 3.09. The zero-order valence-corrected chi connectivity index (χ0v) is 10.9. The summed E-state index contributed by atoms with van der Waals surface area (Å²) in [6, 6.07) is 7.65. The van der Waals surface area contributed by atoms with Crippen LogP contribution in [0.1, 0.15) is 10.5 Å². The van der Waals surface area contributed by atoms with Crippen LogP contribution in [0.5, 0.6) is 0 Å². The maximum atomic E-state index is 10.8. The van der Waals surface area contributed by atoms with Gasteiger partial charge in [0.05, 0.1) is 12.4 Å². The number of hydrogen-bond donors (Lipinski definition) is 1. The van der Waals surface area contributed by atoms with Crippen molar-refractivity contribution in [1.29, 1.82) is 0 Å². The van der Waals surface area contributed by atoms with Gasteiger partial charge in [0.1, 0.15) is 5.03 Å². The van der Waals surface area contributed by atoms with Crippen molar-refractivity contribution in [3.05, 3.63) is 46.8 Å². The molecule has 1 heterocycles. The second kappa shape index (κ2) is 5.29. The fraction of sp³-hybridized carbons (Fsp3) is 0. The molecule has 0 aliphatic carbocycles. The van der Waals surface area contributed by atoms with Gasteiger partial charge in [-0.2, -0.15) is 0 Å². The van der Waals surface area contributed by atoms with Gasteiger partial charge in [-0.3, -0.25) is 4.98 Å². The Labute approximate surface area is 110 Å². The number of nitrogens with zero attached hydrogens (tertiary/aromatic N) is 2. The molecule has 0 atom stereocenters. The number of benzene rings is 1. The first-order valence-electron chi connectivity index (χ1n) is 4.64. The van der Waals surface area contributed by atoms with E-state index in [-0.39, 0.29) is 5.69 Å². The Hall–Kier alpha value is -1.40. The number of halogens is 1. The molecule has 0 aliphatic heterocycles. The van der Waals surface area contributed by atoms with Gasteiger partial charge in [-0.25, -0.2) is 9.78 Å². The van der Waals surface area contributed by atoms with E-state index >= 15 is 0 Å². The van der Waals surface area contributed by atoms with Crippen LogP contribution in [0.25, 0.3) is 0 Å². The molecule has 2 rings (SSSR count). The molecule has 1 aromatic carbocycles. The summed E-state index contributed by atoms with van der Waals surface area (Å²) < 4.78 is 0.938. The highest BCUT2D eigenvalue weighted by atomic mass is 79.9. The predicted molar refractivity (Wildman–Crippen MR) is 67.3 cm³/mol. The fourth-order valence-electron chi connectivity index (χ4n) is 1.14. The third kappa shape index (κ3) is 3.04. The molecule has 0 aliphatic rings. The molecular weight excluding hydrogens is 304 g/mol. The lowest BCUT2D eigenvalue weighted by atomic mass is 10.4.